The maximum atomic E-state index is 12.9. The van der Waals surface area contributed by atoms with Crippen molar-refractivity contribution in [3.63, 3.8) is 0 Å². The Kier molecular flexibility index (Phi) is 9.78. The number of thiazole rings is 1. The number of halogens is 3. The molecule has 4 rings (SSSR count). The van der Waals surface area contributed by atoms with Gasteiger partial charge in [-0.25, -0.2) is 9.37 Å². The number of piperidine rings is 1. The van der Waals surface area contributed by atoms with Crippen molar-refractivity contribution in [2.45, 2.75) is 25.0 Å². The standard InChI is InChI=1S/C22H26FN3O2S.2ClH/c1-25(22-24-20-4-2-3-5-21(20)29-22)17-10-12-26(13-11-17)14-18(27)15-28-19-8-6-16(23)7-9-19;;/h2-9,17-18,27H,10-15H2,1H3;2*1H/t18-;;/m0../s1. The van der Waals surface area contributed by atoms with Crippen molar-refractivity contribution < 1.29 is 14.2 Å². The first-order valence-corrected chi connectivity index (χ1v) is 10.8. The fourth-order valence-electron chi connectivity index (χ4n) is 3.73. The van der Waals surface area contributed by atoms with E-state index in [0.717, 1.165) is 36.6 Å². The second-order valence-electron chi connectivity index (χ2n) is 7.53. The number of para-hydroxylation sites is 1. The van der Waals surface area contributed by atoms with Gasteiger partial charge in [0, 0.05) is 32.7 Å². The first-order chi connectivity index (χ1) is 14.1. The summed E-state index contributed by atoms with van der Waals surface area (Å²) in [7, 11) is 2.13. The van der Waals surface area contributed by atoms with Gasteiger partial charge in [-0.3, -0.25) is 0 Å². The molecule has 2 aromatic carbocycles. The van der Waals surface area contributed by atoms with E-state index in [0.29, 0.717) is 18.3 Å². The van der Waals surface area contributed by atoms with Crippen LogP contribution in [0.2, 0.25) is 0 Å². The van der Waals surface area contributed by atoms with Crippen LogP contribution in [0.15, 0.2) is 48.5 Å². The monoisotopic (exact) mass is 487 g/mol. The molecule has 0 unspecified atom stereocenters. The van der Waals surface area contributed by atoms with Crippen LogP contribution in [0.25, 0.3) is 10.2 Å². The Morgan fingerprint density at radius 1 is 1.16 bits per heavy atom. The second-order valence-corrected chi connectivity index (χ2v) is 8.53. The van der Waals surface area contributed by atoms with Gasteiger partial charge in [0.1, 0.15) is 24.3 Å². The molecule has 5 nitrogen and oxygen atoms in total. The number of likely N-dealkylation sites (tertiary alicyclic amines) is 1. The van der Waals surface area contributed by atoms with E-state index < -0.39 is 6.10 Å². The number of aromatic nitrogens is 1. The fourth-order valence-corrected chi connectivity index (χ4v) is 4.73. The normalized spacial score (nSPS) is 15.7. The molecule has 0 saturated carbocycles. The highest BCUT2D eigenvalue weighted by molar-refractivity contribution is 7.22. The number of β-amino-alcohol motifs (C(OH)–C–C–N with tert-alkyl or cyclic N) is 1. The SMILES string of the molecule is CN(c1nc2ccccc2s1)C1CCN(C[C@H](O)COc2ccc(F)cc2)CC1.Cl.Cl. The highest BCUT2D eigenvalue weighted by atomic mass is 35.5. The smallest absolute Gasteiger partial charge is 0.186 e. The first kappa shape index (κ1) is 25.6. The van der Waals surface area contributed by atoms with Crippen molar-refractivity contribution in [1.82, 2.24) is 9.88 Å². The van der Waals surface area contributed by atoms with Gasteiger partial charge >= 0.3 is 0 Å². The summed E-state index contributed by atoms with van der Waals surface area (Å²) in [4.78, 5) is 9.35. The lowest BCUT2D eigenvalue weighted by atomic mass is 10.0. The molecule has 2 heterocycles. The number of benzene rings is 2. The van der Waals surface area contributed by atoms with Crippen LogP contribution in [0.5, 0.6) is 5.75 Å². The molecule has 1 aliphatic heterocycles. The van der Waals surface area contributed by atoms with Gasteiger partial charge in [-0.2, -0.15) is 0 Å². The molecule has 0 aliphatic carbocycles. The van der Waals surface area contributed by atoms with Crippen LogP contribution in [0.4, 0.5) is 9.52 Å². The van der Waals surface area contributed by atoms with Gasteiger partial charge < -0.3 is 19.6 Å². The largest absolute Gasteiger partial charge is 0.491 e. The zero-order valence-corrected chi connectivity index (χ0v) is 19.8. The van der Waals surface area contributed by atoms with Crippen molar-refractivity contribution in [3.8, 4) is 5.75 Å². The molecule has 1 N–H and O–H groups in total. The topological polar surface area (TPSA) is 48.8 Å². The average Bonchev–Trinajstić information content (AvgIpc) is 3.18. The van der Waals surface area contributed by atoms with Crippen molar-refractivity contribution in [2.75, 3.05) is 38.2 Å². The summed E-state index contributed by atoms with van der Waals surface area (Å²) in [5.74, 6) is 0.276. The highest BCUT2D eigenvalue weighted by Crippen LogP contribution is 2.30. The van der Waals surface area contributed by atoms with Gasteiger partial charge in [-0.05, 0) is 49.2 Å². The number of hydrogen-bond donors (Lipinski definition) is 1. The molecule has 1 saturated heterocycles. The zero-order chi connectivity index (χ0) is 20.2. The molecule has 0 amide bonds. The summed E-state index contributed by atoms with van der Waals surface area (Å²) in [6, 6.07) is 14.6. The Morgan fingerprint density at radius 3 is 2.52 bits per heavy atom. The van der Waals surface area contributed by atoms with E-state index in [1.54, 1.807) is 23.5 Å². The molecule has 170 valence electrons. The minimum absolute atomic E-state index is 0. The Balaban J connectivity index is 0.00000171. The predicted octanol–water partition coefficient (Wildman–Crippen LogP) is 4.62. The van der Waals surface area contributed by atoms with E-state index in [9.17, 15) is 9.50 Å². The number of fused-ring (bicyclic) bond motifs is 1. The Hall–Kier alpha value is -1.64. The Bertz CT molecular complexity index is 903. The number of ether oxygens (including phenoxy) is 1. The van der Waals surface area contributed by atoms with Crippen LogP contribution in [0.1, 0.15) is 12.8 Å². The highest BCUT2D eigenvalue weighted by Gasteiger charge is 2.25. The maximum absolute atomic E-state index is 12.9. The van der Waals surface area contributed by atoms with E-state index >= 15 is 0 Å². The van der Waals surface area contributed by atoms with Gasteiger partial charge in [-0.1, -0.05) is 23.5 Å². The number of hydrogen-bond acceptors (Lipinski definition) is 6. The molecule has 1 aromatic heterocycles. The summed E-state index contributed by atoms with van der Waals surface area (Å²) >= 11 is 1.74. The van der Waals surface area contributed by atoms with E-state index in [2.05, 4.69) is 29.0 Å². The van der Waals surface area contributed by atoms with Gasteiger partial charge in [0.15, 0.2) is 5.13 Å². The summed E-state index contributed by atoms with van der Waals surface area (Å²) in [6.07, 6.45) is 1.51. The predicted molar refractivity (Wildman–Crippen MR) is 130 cm³/mol. The van der Waals surface area contributed by atoms with Crippen LogP contribution in [-0.4, -0.2) is 60.4 Å². The molecule has 9 heteroatoms. The Morgan fingerprint density at radius 2 is 1.84 bits per heavy atom. The third-order valence-electron chi connectivity index (χ3n) is 5.41. The van der Waals surface area contributed by atoms with E-state index in [1.807, 2.05) is 12.1 Å². The molecule has 1 fully saturated rings. The lowest BCUT2D eigenvalue weighted by Gasteiger charge is -2.37. The van der Waals surface area contributed by atoms with Gasteiger partial charge in [0.25, 0.3) is 0 Å². The lowest BCUT2D eigenvalue weighted by molar-refractivity contribution is 0.0595. The van der Waals surface area contributed by atoms with Crippen molar-refractivity contribution >= 4 is 51.5 Å². The molecule has 1 aliphatic rings. The average molecular weight is 488 g/mol. The number of aliphatic hydroxyl groups is 1. The molecule has 0 radical (unpaired) electrons. The van der Waals surface area contributed by atoms with Gasteiger partial charge in [0.2, 0.25) is 0 Å². The van der Waals surface area contributed by atoms with Crippen LogP contribution >= 0.6 is 36.2 Å². The minimum atomic E-state index is -0.571. The summed E-state index contributed by atoms with van der Waals surface area (Å²) in [5, 5.41) is 11.4. The first-order valence-electron chi connectivity index (χ1n) is 9.95. The maximum Gasteiger partial charge on any atom is 0.186 e. The molecule has 0 spiro atoms. The molecule has 0 bridgehead atoms. The van der Waals surface area contributed by atoms with E-state index in [1.165, 1.54) is 16.8 Å². The molecule has 1 atom stereocenters. The van der Waals surface area contributed by atoms with Crippen LogP contribution in [0.3, 0.4) is 0 Å². The summed E-state index contributed by atoms with van der Waals surface area (Å²) in [5.41, 5.74) is 1.06. The second kappa shape index (κ2) is 11.8. The molecular formula is C22H28Cl2FN3O2S. The number of aliphatic hydroxyl groups excluding tert-OH is 1. The minimum Gasteiger partial charge on any atom is -0.491 e. The summed E-state index contributed by atoms with van der Waals surface area (Å²) in [6.45, 7) is 2.66. The van der Waals surface area contributed by atoms with Crippen molar-refractivity contribution in [3.05, 3.63) is 54.3 Å². The van der Waals surface area contributed by atoms with E-state index in [4.69, 9.17) is 9.72 Å². The zero-order valence-electron chi connectivity index (χ0n) is 17.3. The molecule has 3 aromatic rings. The van der Waals surface area contributed by atoms with Gasteiger partial charge in [-0.15, -0.1) is 24.8 Å². The third-order valence-corrected chi connectivity index (χ3v) is 6.54. The number of nitrogens with zero attached hydrogens (tertiary/aromatic N) is 3. The van der Waals surface area contributed by atoms with Crippen LogP contribution in [0, 0.1) is 5.82 Å². The molecule has 31 heavy (non-hydrogen) atoms. The van der Waals surface area contributed by atoms with Crippen molar-refractivity contribution in [2.24, 2.45) is 0 Å². The van der Waals surface area contributed by atoms with Crippen LogP contribution < -0.4 is 9.64 Å². The van der Waals surface area contributed by atoms with E-state index in [-0.39, 0.29) is 37.2 Å². The van der Waals surface area contributed by atoms with Crippen LogP contribution in [-0.2, 0) is 0 Å². The quantitative estimate of drug-likeness (QED) is 0.526. The fraction of sp³-hybridized carbons (Fsp3) is 0.409. The van der Waals surface area contributed by atoms with Gasteiger partial charge in [0.05, 0.1) is 10.2 Å². The van der Waals surface area contributed by atoms with Crippen molar-refractivity contribution in [1.29, 1.82) is 0 Å². The summed E-state index contributed by atoms with van der Waals surface area (Å²) < 4.78 is 19.7. The lowest BCUT2D eigenvalue weighted by Crippen LogP contribution is -2.46. The molecular weight excluding hydrogens is 460 g/mol. The number of rotatable bonds is 7. The number of anilines is 1. The Labute approximate surface area is 198 Å². The third kappa shape index (κ3) is 6.67.